The molecule has 9 heteroatoms. The highest BCUT2D eigenvalue weighted by atomic mass is 19.1. The molecule has 0 aliphatic heterocycles. The van der Waals surface area contributed by atoms with Crippen LogP contribution in [0.25, 0.3) is 5.69 Å². The number of halogens is 1. The number of para-hydroxylation sites is 1. The molecule has 0 saturated heterocycles. The third kappa shape index (κ3) is 3.68. The van der Waals surface area contributed by atoms with Gasteiger partial charge in [0.05, 0.1) is 5.56 Å². The van der Waals surface area contributed by atoms with Crippen molar-refractivity contribution in [3.8, 4) is 5.69 Å². The minimum absolute atomic E-state index is 0.0857. The number of benzene rings is 1. The van der Waals surface area contributed by atoms with Gasteiger partial charge in [-0.25, -0.2) is 9.07 Å². The zero-order chi connectivity index (χ0) is 20.4. The summed E-state index contributed by atoms with van der Waals surface area (Å²) in [5.74, 6) is -1.17. The Morgan fingerprint density at radius 2 is 1.75 bits per heavy atom. The van der Waals surface area contributed by atoms with E-state index in [1.807, 2.05) is 0 Å². The van der Waals surface area contributed by atoms with Crippen molar-refractivity contribution in [3.63, 3.8) is 0 Å². The van der Waals surface area contributed by atoms with E-state index in [4.69, 9.17) is 4.42 Å². The molecule has 0 aliphatic carbocycles. The number of furan rings is 1. The van der Waals surface area contributed by atoms with Gasteiger partial charge in [-0.05, 0) is 39.0 Å². The second-order valence-electron chi connectivity index (χ2n) is 6.10. The predicted octanol–water partition coefficient (Wildman–Crippen LogP) is 1.96. The molecular formula is C19H17FN4O4. The van der Waals surface area contributed by atoms with Crippen molar-refractivity contribution in [3.05, 3.63) is 80.9 Å². The number of carbonyl (C=O) groups excluding carboxylic acids is 2. The summed E-state index contributed by atoms with van der Waals surface area (Å²) in [6.45, 7) is 4.86. The first-order chi connectivity index (χ1) is 13.3. The van der Waals surface area contributed by atoms with E-state index in [1.54, 1.807) is 26.8 Å². The van der Waals surface area contributed by atoms with Crippen LogP contribution >= 0.6 is 0 Å². The lowest BCUT2D eigenvalue weighted by molar-refractivity contribution is 0.0841. The third-order valence-electron chi connectivity index (χ3n) is 3.98. The van der Waals surface area contributed by atoms with Crippen LogP contribution in [0.3, 0.4) is 0 Å². The molecule has 0 unspecified atom stereocenters. The van der Waals surface area contributed by atoms with E-state index in [1.165, 1.54) is 30.3 Å². The number of hydrogen-bond acceptors (Lipinski definition) is 5. The van der Waals surface area contributed by atoms with Gasteiger partial charge in [0.1, 0.15) is 23.0 Å². The van der Waals surface area contributed by atoms with Gasteiger partial charge in [0.2, 0.25) is 5.43 Å². The molecule has 0 bridgehead atoms. The van der Waals surface area contributed by atoms with Gasteiger partial charge in [-0.2, -0.15) is 5.10 Å². The molecule has 3 aromatic rings. The fourth-order valence-electron chi connectivity index (χ4n) is 2.67. The van der Waals surface area contributed by atoms with Crippen molar-refractivity contribution >= 4 is 11.8 Å². The number of nitrogens with zero attached hydrogens (tertiary/aromatic N) is 2. The first-order valence-electron chi connectivity index (χ1n) is 8.31. The molecule has 0 radical (unpaired) electrons. The summed E-state index contributed by atoms with van der Waals surface area (Å²) in [5, 5.41) is 3.96. The van der Waals surface area contributed by atoms with Gasteiger partial charge in [0.15, 0.2) is 5.69 Å². The molecule has 2 N–H and O–H groups in total. The average Bonchev–Trinajstić information content (AvgIpc) is 2.98. The SMILES string of the molecule is Cc1cc(C(=O)NNC(=O)c2nn(-c3ccccc3F)c(C)cc2=O)c(C)o1. The van der Waals surface area contributed by atoms with Gasteiger partial charge in [-0.15, -0.1) is 0 Å². The maximum atomic E-state index is 14.1. The van der Waals surface area contributed by atoms with Crippen molar-refractivity contribution in [1.82, 2.24) is 20.6 Å². The molecule has 0 spiro atoms. The highest BCUT2D eigenvalue weighted by Crippen LogP contribution is 2.14. The number of amides is 2. The van der Waals surface area contributed by atoms with E-state index < -0.39 is 28.8 Å². The molecule has 3 rings (SSSR count). The number of hydrazine groups is 1. The van der Waals surface area contributed by atoms with Crippen molar-refractivity contribution in [2.45, 2.75) is 20.8 Å². The molecule has 0 aliphatic rings. The summed E-state index contributed by atoms with van der Waals surface area (Å²) in [7, 11) is 0. The molecular weight excluding hydrogens is 367 g/mol. The number of aryl methyl sites for hydroxylation is 3. The van der Waals surface area contributed by atoms with Crippen LogP contribution in [-0.4, -0.2) is 21.6 Å². The van der Waals surface area contributed by atoms with Crippen LogP contribution in [0.2, 0.25) is 0 Å². The maximum Gasteiger partial charge on any atom is 0.294 e. The zero-order valence-electron chi connectivity index (χ0n) is 15.4. The van der Waals surface area contributed by atoms with Crippen molar-refractivity contribution < 1.29 is 18.4 Å². The quantitative estimate of drug-likeness (QED) is 0.672. The Morgan fingerprint density at radius 1 is 1.07 bits per heavy atom. The molecule has 0 atom stereocenters. The Bertz CT molecular complexity index is 1130. The highest BCUT2D eigenvalue weighted by Gasteiger charge is 2.19. The summed E-state index contributed by atoms with van der Waals surface area (Å²) in [4.78, 5) is 36.7. The topological polar surface area (TPSA) is 106 Å². The van der Waals surface area contributed by atoms with Gasteiger partial charge < -0.3 is 4.42 Å². The lowest BCUT2D eigenvalue weighted by atomic mass is 10.2. The van der Waals surface area contributed by atoms with Crippen molar-refractivity contribution in [1.29, 1.82) is 0 Å². The fraction of sp³-hybridized carbons (Fsp3) is 0.158. The van der Waals surface area contributed by atoms with E-state index in [0.29, 0.717) is 17.2 Å². The lowest BCUT2D eigenvalue weighted by Gasteiger charge is -2.12. The molecule has 0 saturated carbocycles. The van der Waals surface area contributed by atoms with E-state index in [-0.39, 0.29) is 11.3 Å². The van der Waals surface area contributed by atoms with Crippen LogP contribution in [0, 0.1) is 26.6 Å². The minimum Gasteiger partial charge on any atom is -0.466 e. The van der Waals surface area contributed by atoms with Gasteiger partial charge >= 0.3 is 0 Å². The molecule has 2 amide bonds. The average molecular weight is 384 g/mol. The Kier molecular flexibility index (Phi) is 5.08. The van der Waals surface area contributed by atoms with E-state index in [2.05, 4.69) is 16.0 Å². The van der Waals surface area contributed by atoms with E-state index in [0.717, 1.165) is 4.68 Å². The molecule has 0 fully saturated rings. The largest absolute Gasteiger partial charge is 0.466 e. The monoisotopic (exact) mass is 384 g/mol. The normalized spacial score (nSPS) is 10.6. The number of nitrogens with one attached hydrogen (secondary N) is 2. The van der Waals surface area contributed by atoms with Crippen LogP contribution in [0.4, 0.5) is 4.39 Å². The molecule has 8 nitrogen and oxygen atoms in total. The Labute approximate surface area is 159 Å². The van der Waals surface area contributed by atoms with Crippen LogP contribution in [-0.2, 0) is 0 Å². The van der Waals surface area contributed by atoms with Crippen molar-refractivity contribution in [2.24, 2.45) is 0 Å². The molecule has 2 aromatic heterocycles. The summed E-state index contributed by atoms with van der Waals surface area (Å²) in [6.07, 6.45) is 0. The standard InChI is InChI=1S/C19H17FN4O4/c1-10-8-16(25)17(23-24(10)15-7-5-4-6-14(15)20)19(27)22-21-18(26)13-9-11(2)28-12(13)3/h4-9H,1-3H3,(H,21,26)(H,22,27). The molecule has 144 valence electrons. The number of aromatic nitrogens is 2. The summed E-state index contributed by atoms with van der Waals surface area (Å²) < 4.78 is 20.5. The van der Waals surface area contributed by atoms with Crippen LogP contribution in [0.5, 0.6) is 0 Å². The third-order valence-corrected chi connectivity index (χ3v) is 3.98. The van der Waals surface area contributed by atoms with Gasteiger partial charge in [-0.3, -0.25) is 25.2 Å². The Hall–Kier alpha value is -3.75. The molecule has 2 heterocycles. The van der Waals surface area contributed by atoms with Crippen molar-refractivity contribution in [2.75, 3.05) is 0 Å². The van der Waals surface area contributed by atoms with Gasteiger partial charge in [0.25, 0.3) is 11.8 Å². The fourth-order valence-corrected chi connectivity index (χ4v) is 2.67. The molecule has 1 aromatic carbocycles. The summed E-state index contributed by atoms with van der Waals surface area (Å²) in [5.41, 5.74) is 3.87. The van der Waals surface area contributed by atoms with E-state index >= 15 is 0 Å². The predicted molar refractivity (Wildman–Crippen MR) is 97.6 cm³/mol. The zero-order valence-corrected chi connectivity index (χ0v) is 15.4. The molecule has 28 heavy (non-hydrogen) atoms. The summed E-state index contributed by atoms with van der Waals surface area (Å²) >= 11 is 0. The van der Waals surface area contributed by atoms with E-state index in [9.17, 15) is 18.8 Å². The number of hydrogen-bond donors (Lipinski definition) is 2. The van der Waals surface area contributed by atoms with Crippen LogP contribution < -0.4 is 16.3 Å². The lowest BCUT2D eigenvalue weighted by Crippen LogP contribution is -2.44. The minimum atomic E-state index is -0.929. The number of carbonyl (C=O) groups is 2. The first-order valence-corrected chi connectivity index (χ1v) is 8.31. The number of rotatable bonds is 3. The Balaban J connectivity index is 1.85. The summed E-state index contributed by atoms with van der Waals surface area (Å²) in [6, 6.07) is 8.51. The smallest absolute Gasteiger partial charge is 0.294 e. The maximum absolute atomic E-state index is 14.1. The first kappa shape index (κ1) is 19.0. The van der Waals surface area contributed by atoms with Gasteiger partial charge in [0, 0.05) is 11.8 Å². The van der Waals surface area contributed by atoms with Crippen LogP contribution in [0.15, 0.2) is 45.6 Å². The van der Waals surface area contributed by atoms with Crippen LogP contribution in [0.1, 0.15) is 38.1 Å². The Morgan fingerprint density at radius 3 is 2.39 bits per heavy atom. The van der Waals surface area contributed by atoms with Gasteiger partial charge in [-0.1, -0.05) is 12.1 Å². The second kappa shape index (κ2) is 7.47. The highest BCUT2D eigenvalue weighted by molar-refractivity contribution is 5.98. The second-order valence-corrected chi connectivity index (χ2v) is 6.10.